The van der Waals surface area contributed by atoms with Crippen molar-refractivity contribution in [1.82, 2.24) is 4.57 Å². The van der Waals surface area contributed by atoms with Crippen LogP contribution in [0, 0.1) is 6.92 Å². The van der Waals surface area contributed by atoms with Gasteiger partial charge in [-0.15, -0.1) is 0 Å². The SMILES string of the molecule is CCCCn1c(C)c(C(C)O)c2c(C(=O)O)cccc21. The molecule has 108 valence electrons. The number of aromatic carboxylic acids is 1. The van der Waals surface area contributed by atoms with Crippen LogP contribution in [0.5, 0.6) is 0 Å². The number of fused-ring (bicyclic) bond motifs is 1. The topological polar surface area (TPSA) is 62.5 Å². The van der Waals surface area contributed by atoms with Crippen molar-refractivity contribution in [2.75, 3.05) is 0 Å². The summed E-state index contributed by atoms with van der Waals surface area (Å²) >= 11 is 0. The van der Waals surface area contributed by atoms with E-state index in [1.165, 1.54) is 0 Å². The first-order valence-corrected chi connectivity index (χ1v) is 7.02. The van der Waals surface area contributed by atoms with Crippen LogP contribution < -0.4 is 0 Å². The Hall–Kier alpha value is -1.81. The fourth-order valence-corrected chi connectivity index (χ4v) is 2.85. The van der Waals surface area contributed by atoms with Crippen molar-refractivity contribution in [1.29, 1.82) is 0 Å². The molecule has 0 aliphatic heterocycles. The average molecular weight is 275 g/mol. The van der Waals surface area contributed by atoms with Gasteiger partial charge in [0.1, 0.15) is 0 Å². The number of aryl methyl sites for hydroxylation is 1. The van der Waals surface area contributed by atoms with E-state index in [0.717, 1.165) is 36.2 Å². The van der Waals surface area contributed by atoms with Gasteiger partial charge in [0.05, 0.1) is 11.7 Å². The van der Waals surface area contributed by atoms with Crippen LogP contribution in [-0.4, -0.2) is 20.7 Å². The van der Waals surface area contributed by atoms with E-state index in [2.05, 4.69) is 11.5 Å². The lowest BCUT2D eigenvalue weighted by molar-refractivity contribution is 0.0699. The highest BCUT2D eigenvalue weighted by Gasteiger charge is 2.22. The Kier molecular flexibility index (Phi) is 4.14. The van der Waals surface area contributed by atoms with Gasteiger partial charge in [-0.05, 0) is 32.4 Å². The number of unbranched alkanes of at least 4 members (excludes halogenated alkanes) is 1. The molecule has 1 heterocycles. The number of hydrogen-bond acceptors (Lipinski definition) is 2. The summed E-state index contributed by atoms with van der Waals surface area (Å²) in [7, 11) is 0. The summed E-state index contributed by atoms with van der Waals surface area (Å²) < 4.78 is 2.12. The van der Waals surface area contributed by atoms with E-state index in [1.807, 2.05) is 13.0 Å². The Balaban J connectivity index is 2.79. The van der Waals surface area contributed by atoms with E-state index in [9.17, 15) is 15.0 Å². The number of aliphatic hydroxyl groups is 1. The van der Waals surface area contributed by atoms with Crippen molar-refractivity contribution < 1.29 is 15.0 Å². The summed E-state index contributed by atoms with van der Waals surface area (Å²) in [5.41, 5.74) is 2.84. The molecule has 1 aromatic carbocycles. The maximum absolute atomic E-state index is 11.4. The van der Waals surface area contributed by atoms with Gasteiger partial charge in [-0.1, -0.05) is 19.4 Å². The molecule has 0 aliphatic rings. The van der Waals surface area contributed by atoms with Crippen LogP contribution >= 0.6 is 0 Å². The standard InChI is InChI=1S/C16H21NO3/c1-4-5-9-17-10(2)14(11(3)18)15-12(16(19)20)7-6-8-13(15)17/h6-8,11,18H,4-5,9H2,1-3H3,(H,19,20). The quantitative estimate of drug-likeness (QED) is 0.877. The van der Waals surface area contributed by atoms with Gasteiger partial charge in [-0.3, -0.25) is 0 Å². The maximum Gasteiger partial charge on any atom is 0.336 e. The van der Waals surface area contributed by atoms with Crippen LogP contribution in [0.25, 0.3) is 10.9 Å². The van der Waals surface area contributed by atoms with Gasteiger partial charge in [0.15, 0.2) is 0 Å². The molecule has 0 bridgehead atoms. The first-order valence-electron chi connectivity index (χ1n) is 7.02. The van der Waals surface area contributed by atoms with Crippen molar-refractivity contribution >= 4 is 16.9 Å². The first kappa shape index (κ1) is 14.6. The van der Waals surface area contributed by atoms with E-state index in [0.29, 0.717) is 5.39 Å². The van der Waals surface area contributed by atoms with Gasteiger partial charge in [0, 0.05) is 28.7 Å². The molecule has 1 atom stereocenters. The molecule has 2 N–H and O–H groups in total. The lowest BCUT2D eigenvalue weighted by Crippen LogP contribution is -2.01. The molecule has 0 fully saturated rings. The Morgan fingerprint density at radius 1 is 1.40 bits per heavy atom. The largest absolute Gasteiger partial charge is 0.478 e. The highest BCUT2D eigenvalue weighted by molar-refractivity contribution is 6.05. The normalized spacial score (nSPS) is 12.8. The van der Waals surface area contributed by atoms with Crippen molar-refractivity contribution in [3.05, 3.63) is 35.0 Å². The zero-order valence-corrected chi connectivity index (χ0v) is 12.2. The molecule has 20 heavy (non-hydrogen) atoms. The van der Waals surface area contributed by atoms with Crippen LogP contribution in [0.2, 0.25) is 0 Å². The number of benzene rings is 1. The molecule has 2 rings (SSSR count). The second-order valence-electron chi connectivity index (χ2n) is 5.19. The number of carbonyl (C=O) groups is 1. The molecule has 4 nitrogen and oxygen atoms in total. The lowest BCUT2D eigenvalue weighted by Gasteiger charge is -2.08. The summed E-state index contributed by atoms with van der Waals surface area (Å²) in [5, 5.41) is 20.1. The molecule has 0 radical (unpaired) electrons. The van der Waals surface area contributed by atoms with Gasteiger partial charge >= 0.3 is 5.97 Å². The van der Waals surface area contributed by atoms with Crippen LogP contribution in [0.3, 0.4) is 0 Å². The zero-order valence-electron chi connectivity index (χ0n) is 12.2. The number of aromatic nitrogens is 1. The fourth-order valence-electron chi connectivity index (χ4n) is 2.85. The summed E-state index contributed by atoms with van der Waals surface area (Å²) in [6, 6.07) is 5.29. The van der Waals surface area contributed by atoms with E-state index >= 15 is 0 Å². The summed E-state index contributed by atoms with van der Waals surface area (Å²) in [4.78, 5) is 11.4. The molecule has 0 amide bonds. The fraction of sp³-hybridized carbons (Fsp3) is 0.438. The number of nitrogens with zero attached hydrogens (tertiary/aromatic N) is 1. The van der Waals surface area contributed by atoms with Crippen molar-refractivity contribution in [3.8, 4) is 0 Å². The minimum absolute atomic E-state index is 0.261. The number of hydrogen-bond donors (Lipinski definition) is 2. The molecule has 0 spiro atoms. The van der Waals surface area contributed by atoms with Crippen molar-refractivity contribution in [2.45, 2.75) is 46.3 Å². The van der Waals surface area contributed by atoms with Crippen LogP contribution in [0.4, 0.5) is 0 Å². The Morgan fingerprint density at radius 3 is 2.65 bits per heavy atom. The third-order valence-corrected chi connectivity index (χ3v) is 3.78. The van der Waals surface area contributed by atoms with Crippen molar-refractivity contribution in [3.63, 3.8) is 0 Å². The second-order valence-corrected chi connectivity index (χ2v) is 5.19. The predicted molar refractivity (Wildman–Crippen MR) is 79.2 cm³/mol. The molecule has 0 saturated heterocycles. The van der Waals surface area contributed by atoms with E-state index in [-0.39, 0.29) is 5.56 Å². The van der Waals surface area contributed by atoms with E-state index in [4.69, 9.17) is 0 Å². The minimum atomic E-state index is -0.954. The highest BCUT2D eigenvalue weighted by atomic mass is 16.4. The third kappa shape index (κ3) is 2.31. The van der Waals surface area contributed by atoms with Gasteiger partial charge in [-0.2, -0.15) is 0 Å². The smallest absolute Gasteiger partial charge is 0.336 e. The minimum Gasteiger partial charge on any atom is -0.478 e. The monoisotopic (exact) mass is 275 g/mol. The van der Waals surface area contributed by atoms with Gasteiger partial charge in [0.2, 0.25) is 0 Å². The van der Waals surface area contributed by atoms with Crippen LogP contribution in [0.1, 0.15) is 54.4 Å². The van der Waals surface area contributed by atoms with Crippen LogP contribution in [0.15, 0.2) is 18.2 Å². The summed E-state index contributed by atoms with van der Waals surface area (Å²) in [5.74, 6) is -0.954. The number of aliphatic hydroxyl groups excluding tert-OH is 1. The third-order valence-electron chi connectivity index (χ3n) is 3.78. The van der Waals surface area contributed by atoms with Crippen LogP contribution in [-0.2, 0) is 6.54 Å². The van der Waals surface area contributed by atoms with Crippen molar-refractivity contribution in [2.24, 2.45) is 0 Å². The highest BCUT2D eigenvalue weighted by Crippen LogP contribution is 2.33. The van der Waals surface area contributed by atoms with E-state index < -0.39 is 12.1 Å². The summed E-state index contributed by atoms with van der Waals surface area (Å²) in [6.45, 7) is 6.60. The lowest BCUT2D eigenvalue weighted by atomic mass is 10.0. The Morgan fingerprint density at radius 2 is 2.10 bits per heavy atom. The number of carboxylic acid groups (broad SMARTS) is 1. The average Bonchev–Trinajstić information content (AvgIpc) is 2.67. The molecule has 1 aromatic heterocycles. The first-order chi connectivity index (χ1) is 9.49. The second kappa shape index (κ2) is 5.67. The molecule has 0 saturated carbocycles. The molecule has 0 aliphatic carbocycles. The Bertz CT molecular complexity index is 641. The Labute approximate surface area is 118 Å². The summed E-state index contributed by atoms with van der Waals surface area (Å²) in [6.07, 6.45) is 1.42. The zero-order chi connectivity index (χ0) is 14.9. The molecular weight excluding hydrogens is 254 g/mol. The molecular formula is C16H21NO3. The van der Waals surface area contributed by atoms with Gasteiger partial charge < -0.3 is 14.8 Å². The van der Waals surface area contributed by atoms with E-state index in [1.54, 1.807) is 19.1 Å². The molecule has 2 aromatic rings. The predicted octanol–water partition coefficient (Wildman–Crippen LogP) is 3.50. The van der Waals surface area contributed by atoms with Gasteiger partial charge in [0.25, 0.3) is 0 Å². The number of carboxylic acids is 1. The number of rotatable bonds is 5. The van der Waals surface area contributed by atoms with Gasteiger partial charge in [-0.25, -0.2) is 4.79 Å². The molecule has 1 unspecified atom stereocenters. The molecule has 4 heteroatoms. The maximum atomic E-state index is 11.4.